The molecule has 0 aliphatic rings. The molecule has 0 bridgehead atoms. The Morgan fingerprint density at radius 3 is 1.62 bits per heavy atom. The maximum atomic E-state index is 11.4. The van der Waals surface area contributed by atoms with Gasteiger partial charge in [-0.15, -0.1) is 0 Å². The summed E-state index contributed by atoms with van der Waals surface area (Å²) in [5.41, 5.74) is 0. The summed E-state index contributed by atoms with van der Waals surface area (Å²) in [6, 6.07) is 0. The molecule has 0 aromatic carbocycles. The first-order valence-corrected chi connectivity index (χ1v) is 1.90. The molecule has 0 aromatic heterocycles. The smallest absolute Gasteiger partial charge is 0.240 e. The molecule has 0 rings (SSSR count). The molecular weight excluding hydrogens is 124 g/mol. The van der Waals surface area contributed by atoms with Crippen molar-refractivity contribution in [3.05, 3.63) is 11.9 Å². The second kappa shape index (κ2) is 2.69. The fourth-order valence-electron chi connectivity index (χ4n) is 0.150. The maximum absolute atomic E-state index is 11.4. The molecule has 48 valence electrons. The molecule has 0 saturated heterocycles. The largest absolute Gasteiger partial charge is 0.304 e. The third-order valence-electron chi connectivity index (χ3n) is 0.530. The number of hydrogen-bond acceptors (Lipinski definition) is 0. The van der Waals surface area contributed by atoms with Crippen LogP contribution >= 0.6 is 0 Å². The Hall–Kier alpha value is -0.540. The summed E-state index contributed by atoms with van der Waals surface area (Å²) in [4.78, 5) is 0. The van der Waals surface area contributed by atoms with Crippen LogP contribution in [0.1, 0.15) is 6.92 Å². The van der Waals surface area contributed by atoms with Crippen LogP contribution in [0, 0.1) is 0 Å². The lowest BCUT2D eigenvalue weighted by atomic mass is 10.4. The van der Waals surface area contributed by atoms with Crippen molar-refractivity contribution in [2.75, 3.05) is 0 Å². The molecule has 0 spiro atoms. The molecule has 0 aromatic rings. The first-order valence-electron chi connectivity index (χ1n) is 1.90. The van der Waals surface area contributed by atoms with E-state index in [1.807, 2.05) is 0 Å². The van der Waals surface area contributed by atoms with Crippen molar-refractivity contribution in [1.29, 1.82) is 0 Å². The molecule has 0 heterocycles. The molecule has 0 amide bonds. The SMILES string of the molecule is CC(F)C(F)=C(F)F. The van der Waals surface area contributed by atoms with Gasteiger partial charge in [0.15, 0.2) is 12.0 Å². The fourth-order valence-corrected chi connectivity index (χ4v) is 0.150. The molecule has 8 heavy (non-hydrogen) atoms. The highest BCUT2D eigenvalue weighted by Gasteiger charge is 2.11. The highest BCUT2D eigenvalue weighted by molar-refractivity contribution is 4.96. The van der Waals surface area contributed by atoms with E-state index in [2.05, 4.69) is 0 Å². The van der Waals surface area contributed by atoms with Crippen molar-refractivity contribution >= 4 is 0 Å². The molecule has 0 aliphatic carbocycles. The van der Waals surface area contributed by atoms with Gasteiger partial charge in [-0.1, -0.05) is 0 Å². The molecule has 1 atom stereocenters. The zero-order valence-corrected chi connectivity index (χ0v) is 4.09. The molecule has 0 nitrogen and oxygen atoms in total. The summed E-state index contributed by atoms with van der Waals surface area (Å²) >= 11 is 0. The van der Waals surface area contributed by atoms with Crippen LogP contribution in [0.4, 0.5) is 17.6 Å². The van der Waals surface area contributed by atoms with Crippen molar-refractivity contribution < 1.29 is 17.6 Å². The van der Waals surface area contributed by atoms with E-state index >= 15 is 0 Å². The summed E-state index contributed by atoms with van der Waals surface area (Å²) < 4.78 is 44.7. The lowest BCUT2D eigenvalue weighted by Gasteiger charge is -1.91. The van der Waals surface area contributed by atoms with Gasteiger partial charge < -0.3 is 0 Å². The van der Waals surface area contributed by atoms with Crippen molar-refractivity contribution in [1.82, 2.24) is 0 Å². The first kappa shape index (κ1) is 7.46. The number of alkyl halides is 1. The summed E-state index contributed by atoms with van der Waals surface area (Å²) in [5, 5.41) is 0. The standard InChI is InChI=1S/C4H4F4/c1-2(5)3(6)4(7)8/h2H,1H3. The summed E-state index contributed by atoms with van der Waals surface area (Å²) in [6.07, 6.45) is -4.78. The Balaban J connectivity index is 4.00. The Morgan fingerprint density at radius 2 is 1.62 bits per heavy atom. The predicted molar refractivity (Wildman–Crippen MR) is 20.9 cm³/mol. The summed E-state index contributed by atoms with van der Waals surface area (Å²) in [5.74, 6) is -1.98. The number of hydrogen-bond donors (Lipinski definition) is 0. The average Bonchev–Trinajstić information content (AvgIpc) is 1.64. The minimum absolute atomic E-state index is 0.703. The van der Waals surface area contributed by atoms with Gasteiger partial charge in [0.25, 0.3) is 0 Å². The van der Waals surface area contributed by atoms with E-state index in [-0.39, 0.29) is 0 Å². The van der Waals surface area contributed by atoms with Gasteiger partial charge in [-0.25, -0.2) is 8.78 Å². The van der Waals surface area contributed by atoms with Crippen LogP contribution in [0.5, 0.6) is 0 Å². The molecule has 0 saturated carbocycles. The van der Waals surface area contributed by atoms with Gasteiger partial charge >= 0.3 is 6.08 Å². The normalized spacial score (nSPS) is 13.1. The first-order chi connectivity index (χ1) is 3.55. The van der Waals surface area contributed by atoms with E-state index in [1.165, 1.54) is 0 Å². The van der Waals surface area contributed by atoms with Gasteiger partial charge in [-0.2, -0.15) is 8.78 Å². The molecule has 4 heteroatoms. The van der Waals surface area contributed by atoms with Crippen LogP contribution in [-0.4, -0.2) is 6.17 Å². The van der Waals surface area contributed by atoms with Crippen molar-refractivity contribution in [2.24, 2.45) is 0 Å². The van der Waals surface area contributed by atoms with Gasteiger partial charge in [-0.3, -0.25) is 0 Å². The van der Waals surface area contributed by atoms with Crippen LogP contribution in [0.3, 0.4) is 0 Å². The summed E-state index contributed by atoms with van der Waals surface area (Å²) in [6.45, 7) is 0.703. The third kappa shape index (κ3) is 1.95. The van der Waals surface area contributed by atoms with Crippen molar-refractivity contribution in [2.45, 2.75) is 13.1 Å². The van der Waals surface area contributed by atoms with E-state index < -0.39 is 18.1 Å². The van der Waals surface area contributed by atoms with E-state index in [0.29, 0.717) is 6.92 Å². The minimum atomic E-state index is -2.58. The van der Waals surface area contributed by atoms with Gasteiger partial charge in [0.2, 0.25) is 0 Å². The molecule has 0 fully saturated rings. The van der Waals surface area contributed by atoms with Gasteiger partial charge in [-0.05, 0) is 6.92 Å². The van der Waals surface area contributed by atoms with Crippen molar-refractivity contribution in [3.63, 3.8) is 0 Å². The quantitative estimate of drug-likeness (QED) is 0.475. The second-order valence-corrected chi connectivity index (χ2v) is 1.22. The molecule has 0 aliphatic heterocycles. The van der Waals surface area contributed by atoms with Crippen LogP contribution < -0.4 is 0 Å². The summed E-state index contributed by atoms with van der Waals surface area (Å²) in [7, 11) is 0. The van der Waals surface area contributed by atoms with E-state index in [4.69, 9.17) is 0 Å². The van der Waals surface area contributed by atoms with Crippen LogP contribution in [0.15, 0.2) is 11.9 Å². The second-order valence-electron chi connectivity index (χ2n) is 1.22. The fraction of sp³-hybridized carbons (Fsp3) is 0.500. The lowest BCUT2D eigenvalue weighted by molar-refractivity contribution is 0.296. The Bertz CT molecular complexity index is 101. The predicted octanol–water partition coefficient (Wildman–Crippen LogP) is 2.42. The van der Waals surface area contributed by atoms with Crippen molar-refractivity contribution in [3.8, 4) is 0 Å². The molecule has 1 unspecified atom stereocenters. The molecule has 0 radical (unpaired) electrons. The Kier molecular flexibility index (Phi) is 2.51. The Morgan fingerprint density at radius 1 is 1.25 bits per heavy atom. The zero-order chi connectivity index (χ0) is 6.73. The average molecular weight is 128 g/mol. The van der Waals surface area contributed by atoms with Gasteiger partial charge in [0, 0.05) is 0 Å². The van der Waals surface area contributed by atoms with Crippen LogP contribution in [-0.2, 0) is 0 Å². The molecular formula is C4H4F4. The highest BCUT2D eigenvalue weighted by atomic mass is 19.3. The highest BCUT2D eigenvalue weighted by Crippen LogP contribution is 2.14. The third-order valence-corrected chi connectivity index (χ3v) is 0.530. The van der Waals surface area contributed by atoms with Gasteiger partial charge in [0.05, 0.1) is 0 Å². The van der Waals surface area contributed by atoms with Crippen LogP contribution in [0.25, 0.3) is 0 Å². The van der Waals surface area contributed by atoms with Gasteiger partial charge in [0.1, 0.15) is 0 Å². The topological polar surface area (TPSA) is 0 Å². The van der Waals surface area contributed by atoms with E-state index in [1.54, 1.807) is 0 Å². The lowest BCUT2D eigenvalue weighted by Crippen LogP contribution is -1.92. The van der Waals surface area contributed by atoms with E-state index in [9.17, 15) is 17.6 Å². The minimum Gasteiger partial charge on any atom is -0.240 e. The molecule has 0 N–H and O–H groups in total. The monoisotopic (exact) mass is 128 g/mol. The number of halogens is 4. The van der Waals surface area contributed by atoms with Crippen LogP contribution in [0.2, 0.25) is 0 Å². The Labute approximate surface area is 43.8 Å². The zero-order valence-electron chi connectivity index (χ0n) is 4.09. The number of rotatable bonds is 1. The van der Waals surface area contributed by atoms with E-state index in [0.717, 1.165) is 0 Å². The maximum Gasteiger partial charge on any atom is 0.304 e. The number of allylic oxidation sites excluding steroid dienone is 1.